The maximum atomic E-state index is 12.7. The second kappa shape index (κ2) is 14.3. The average molecular weight is 445 g/mol. The Morgan fingerprint density at radius 3 is 1.97 bits per heavy atom. The number of esters is 1. The third-order valence-corrected chi connectivity index (χ3v) is 7.31. The number of unbranched alkanes of at least 4 members (excludes halogenated alkanes) is 13. The van der Waals surface area contributed by atoms with E-state index in [9.17, 15) is 9.36 Å². The lowest BCUT2D eigenvalue weighted by atomic mass is 10.0. The molecule has 6 nitrogen and oxygen atoms in total. The predicted octanol–water partition coefficient (Wildman–Crippen LogP) is 7.09. The van der Waals surface area contributed by atoms with Crippen molar-refractivity contribution in [2.75, 3.05) is 19.8 Å². The monoisotopic (exact) mass is 444 g/mol. The number of phosphoric ester groups is 1. The highest BCUT2D eigenvalue weighted by Gasteiger charge is 2.42. The molecule has 0 bridgehead atoms. The fourth-order valence-corrected chi connectivity index (χ4v) is 5.36. The summed E-state index contributed by atoms with van der Waals surface area (Å²) in [6.07, 6.45) is 18.0. The van der Waals surface area contributed by atoms with Gasteiger partial charge in [0, 0.05) is 0 Å². The standard InChI is InChI=1S/C23H41O6P/c1-3-4-5-6-7-8-9-10-11-12-13-14-15-16-17-27-30(25)28-19-21-18-26-23(24)22(21)20(2)29-30/h21H,3-19H2,1-2H3/t21-,30-/m1/s1. The number of ether oxygens (including phenoxy) is 1. The fourth-order valence-electron chi connectivity index (χ4n) is 4.03. The number of cyclic esters (lactones) is 1. The Balaban J connectivity index is 1.45. The van der Waals surface area contributed by atoms with Gasteiger partial charge >= 0.3 is 13.8 Å². The second-order valence-electron chi connectivity index (χ2n) is 8.53. The molecule has 0 amide bonds. The Labute approximate surface area is 182 Å². The van der Waals surface area contributed by atoms with Gasteiger partial charge in [0.2, 0.25) is 0 Å². The van der Waals surface area contributed by atoms with Gasteiger partial charge in [-0.05, 0) is 13.3 Å². The second-order valence-corrected chi connectivity index (χ2v) is 10.1. The molecule has 2 heterocycles. The van der Waals surface area contributed by atoms with Crippen molar-refractivity contribution in [1.82, 2.24) is 0 Å². The van der Waals surface area contributed by atoms with Gasteiger partial charge in [-0.2, -0.15) is 0 Å². The van der Waals surface area contributed by atoms with Crippen LogP contribution in [-0.2, 0) is 27.7 Å². The lowest BCUT2D eigenvalue weighted by Gasteiger charge is -2.17. The van der Waals surface area contributed by atoms with Crippen molar-refractivity contribution in [3.05, 3.63) is 11.3 Å². The number of rotatable bonds is 16. The maximum Gasteiger partial charge on any atom is 0.529 e. The molecule has 0 aromatic rings. The van der Waals surface area contributed by atoms with Crippen molar-refractivity contribution < 1.29 is 27.7 Å². The van der Waals surface area contributed by atoms with Crippen LogP contribution in [0.15, 0.2) is 11.3 Å². The molecular formula is C23H41O6P. The summed E-state index contributed by atoms with van der Waals surface area (Å²) in [6, 6.07) is 0. The average Bonchev–Trinajstić information content (AvgIpc) is 3.04. The van der Waals surface area contributed by atoms with Gasteiger partial charge in [-0.3, -0.25) is 9.05 Å². The zero-order valence-corrected chi connectivity index (χ0v) is 19.9. The van der Waals surface area contributed by atoms with Gasteiger partial charge in [0.05, 0.1) is 24.7 Å². The molecule has 2 aliphatic heterocycles. The van der Waals surface area contributed by atoms with Gasteiger partial charge in [0.15, 0.2) is 0 Å². The molecule has 0 aromatic heterocycles. The van der Waals surface area contributed by atoms with Crippen LogP contribution in [0.25, 0.3) is 0 Å². The summed E-state index contributed by atoms with van der Waals surface area (Å²) in [5.74, 6) is -0.344. The number of carbonyl (C=O) groups excluding carboxylic acids is 1. The minimum atomic E-state index is -3.65. The van der Waals surface area contributed by atoms with E-state index in [2.05, 4.69) is 6.92 Å². The summed E-state index contributed by atoms with van der Waals surface area (Å²) in [6.45, 7) is 4.58. The van der Waals surface area contributed by atoms with Gasteiger partial charge in [-0.25, -0.2) is 9.36 Å². The molecule has 0 radical (unpaired) electrons. The molecule has 7 heteroatoms. The van der Waals surface area contributed by atoms with Crippen molar-refractivity contribution >= 4 is 13.8 Å². The Morgan fingerprint density at radius 2 is 1.40 bits per heavy atom. The number of phosphoric acid groups is 1. The van der Waals surface area contributed by atoms with Crippen LogP contribution in [0.4, 0.5) is 0 Å². The Morgan fingerprint density at radius 1 is 0.867 bits per heavy atom. The molecule has 0 spiro atoms. The van der Waals surface area contributed by atoms with E-state index >= 15 is 0 Å². The number of fused-ring (bicyclic) bond motifs is 1. The highest BCUT2D eigenvalue weighted by atomic mass is 31.2. The molecule has 1 saturated heterocycles. The topological polar surface area (TPSA) is 71.1 Å². The van der Waals surface area contributed by atoms with E-state index < -0.39 is 13.8 Å². The molecule has 2 aliphatic rings. The van der Waals surface area contributed by atoms with E-state index in [1.54, 1.807) is 6.92 Å². The summed E-state index contributed by atoms with van der Waals surface area (Å²) in [7, 11) is -3.65. The Bertz CT molecular complexity index is 588. The first-order chi connectivity index (χ1) is 14.6. The van der Waals surface area contributed by atoms with Crippen molar-refractivity contribution in [3.63, 3.8) is 0 Å². The minimum Gasteiger partial charge on any atom is -0.461 e. The lowest BCUT2D eigenvalue weighted by molar-refractivity contribution is -0.135. The van der Waals surface area contributed by atoms with Gasteiger partial charge in [0.25, 0.3) is 0 Å². The van der Waals surface area contributed by atoms with Crippen molar-refractivity contribution in [1.29, 1.82) is 0 Å². The fraction of sp³-hybridized carbons (Fsp3) is 0.870. The van der Waals surface area contributed by atoms with Gasteiger partial charge in [0.1, 0.15) is 12.4 Å². The molecule has 0 unspecified atom stereocenters. The predicted molar refractivity (Wildman–Crippen MR) is 118 cm³/mol. The van der Waals surface area contributed by atoms with E-state index in [-0.39, 0.29) is 19.1 Å². The number of allylic oxidation sites excluding steroid dienone is 1. The third-order valence-electron chi connectivity index (χ3n) is 5.85. The summed E-state index contributed by atoms with van der Waals surface area (Å²) >= 11 is 0. The first-order valence-electron chi connectivity index (χ1n) is 12.0. The van der Waals surface area contributed by atoms with Crippen LogP contribution in [0.1, 0.15) is 104 Å². The smallest absolute Gasteiger partial charge is 0.461 e. The maximum absolute atomic E-state index is 12.7. The quantitative estimate of drug-likeness (QED) is 0.144. The highest BCUT2D eigenvalue weighted by Crippen LogP contribution is 2.54. The molecule has 2 rings (SSSR count). The largest absolute Gasteiger partial charge is 0.529 e. The minimum absolute atomic E-state index is 0.119. The summed E-state index contributed by atoms with van der Waals surface area (Å²) < 4.78 is 33.9. The van der Waals surface area contributed by atoms with Crippen LogP contribution >= 0.6 is 7.82 Å². The molecule has 0 saturated carbocycles. The third kappa shape index (κ3) is 9.11. The normalized spacial score (nSPS) is 23.8. The molecule has 2 atom stereocenters. The molecule has 30 heavy (non-hydrogen) atoms. The van der Waals surface area contributed by atoms with Crippen LogP contribution in [-0.4, -0.2) is 25.8 Å². The van der Waals surface area contributed by atoms with Crippen LogP contribution in [0, 0.1) is 5.92 Å². The summed E-state index contributed by atoms with van der Waals surface area (Å²) in [5.41, 5.74) is 0.424. The first kappa shape index (κ1) is 25.4. The summed E-state index contributed by atoms with van der Waals surface area (Å²) in [5, 5.41) is 0. The van der Waals surface area contributed by atoms with E-state index in [4.69, 9.17) is 18.3 Å². The van der Waals surface area contributed by atoms with Crippen LogP contribution in [0.5, 0.6) is 0 Å². The van der Waals surface area contributed by atoms with E-state index in [0.717, 1.165) is 12.8 Å². The van der Waals surface area contributed by atoms with Gasteiger partial charge in [-0.15, -0.1) is 0 Å². The molecule has 174 valence electrons. The SMILES string of the molecule is CCCCCCCCCCCCCCCCO[P@]1(=O)OC[C@H]2COC(=O)C2=C(C)O1. The van der Waals surface area contributed by atoms with E-state index in [1.807, 2.05) is 0 Å². The zero-order chi connectivity index (χ0) is 21.7. The van der Waals surface area contributed by atoms with Crippen molar-refractivity contribution in [2.45, 2.75) is 104 Å². The van der Waals surface area contributed by atoms with Crippen LogP contribution in [0.3, 0.4) is 0 Å². The zero-order valence-electron chi connectivity index (χ0n) is 19.0. The van der Waals surface area contributed by atoms with E-state index in [0.29, 0.717) is 17.9 Å². The van der Waals surface area contributed by atoms with Crippen molar-refractivity contribution in [2.24, 2.45) is 5.92 Å². The number of hydrogen-bond acceptors (Lipinski definition) is 6. The molecule has 0 aromatic carbocycles. The van der Waals surface area contributed by atoms with Crippen LogP contribution in [0.2, 0.25) is 0 Å². The Hall–Kier alpha value is -0.840. The molecule has 0 aliphatic carbocycles. The molecule has 0 N–H and O–H groups in total. The van der Waals surface area contributed by atoms with Crippen LogP contribution < -0.4 is 0 Å². The lowest BCUT2D eigenvalue weighted by Crippen LogP contribution is -2.10. The summed E-state index contributed by atoms with van der Waals surface area (Å²) in [4.78, 5) is 11.7. The Kier molecular flexibility index (Phi) is 12.1. The van der Waals surface area contributed by atoms with E-state index in [1.165, 1.54) is 77.0 Å². The highest BCUT2D eigenvalue weighted by molar-refractivity contribution is 7.48. The van der Waals surface area contributed by atoms with Gasteiger partial charge in [-0.1, -0.05) is 90.4 Å². The number of carbonyl (C=O) groups is 1. The first-order valence-corrected chi connectivity index (χ1v) is 13.5. The van der Waals surface area contributed by atoms with Gasteiger partial charge < -0.3 is 9.26 Å². The molecule has 1 fully saturated rings. The molecular weight excluding hydrogens is 403 g/mol. The van der Waals surface area contributed by atoms with Crippen molar-refractivity contribution in [3.8, 4) is 0 Å². The number of hydrogen-bond donors (Lipinski definition) is 0.